The van der Waals surface area contributed by atoms with Crippen LogP contribution in [-0.4, -0.2) is 43.3 Å². The molecule has 2 aromatic heterocycles. The van der Waals surface area contributed by atoms with Gasteiger partial charge in [0.15, 0.2) is 11.5 Å². The summed E-state index contributed by atoms with van der Waals surface area (Å²) in [4.78, 5) is 11.9. The number of fused-ring (bicyclic) bond motifs is 1. The molecule has 9 heteroatoms. The molecule has 1 aliphatic rings. The third-order valence-corrected chi connectivity index (χ3v) is 3.38. The van der Waals surface area contributed by atoms with Gasteiger partial charge < -0.3 is 15.6 Å². The minimum absolute atomic E-state index is 0.0961. The number of hydrogen-bond acceptors (Lipinski definition) is 6. The molecule has 0 bridgehead atoms. The van der Waals surface area contributed by atoms with Crippen molar-refractivity contribution in [2.75, 3.05) is 12.3 Å². The third kappa shape index (κ3) is 1.98. The molecule has 2 aromatic rings. The summed E-state index contributed by atoms with van der Waals surface area (Å²) in [7, 11) is 0. The van der Waals surface area contributed by atoms with E-state index in [4.69, 9.17) is 15.6 Å². The van der Waals surface area contributed by atoms with Crippen LogP contribution in [0.3, 0.4) is 0 Å². The maximum Gasteiger partial charge on any atom is 0.276 e. The highest BCUT2D eigenvalue weighted by atomic mass is 19.3. The number of nitrogens with two attached hydrogens (primary N) is 1. The Hall–Kier alpha value is -1.87. The maximum absolute atomic E-state index is 13.5. The second kappa shape index (κ2) is 4.60. The molecule has 108 valence electrons. The Labute approximate surface area is 112 Å². The van der Waals surface area contributed by atoms with Crippen LogP contribution in [0.15, 0.2) is 12.7 Å². The van der Waals surface area contributed by atoms with Crippen LogP contribution in [0.1, 0.15) is 19.1 Å². The smallest absolute Gasteiger partial charge is 0.276 e. The predicted octanol–water partition coefficient (Wildman–Crippen LogP) is 0.714. The van der Waals surface area contributed by atoms with Gasteiger partial charge in [-0.1, -0.05) is 0 Å². The van der Waals surface area contributed by atoms with Gasteiger partial charge in [0.1, 0.15) is 24.2 Å². The van der Waals surface area contributed by atoms with E-state index in [0.717, 1.165) is 0 Å². The highest BCUT2D eigenvalue weighted by molar-refractivity contribution is 5.81. The Morgan fingerprint density at radius 3 is 3.00 bits per heavy atom. The fraction of sp³-hybridized carbons (Fsp3) is 0.545. The molecule has 0 unspecified atom stereocenters. The lowest BCUT2D eigenvalue weighted by atomic mass is 10.0. The molecule has 3 rings (SSSR count). The predicted molar refractivity (Wildman–Crippen MR) is 64.9 cm³/mol. The molecule has 7 nitrogen and oxygen atoms in total. The number of aliphatic hydroxyl groups is 1. The Morgan fingerprint density at radius 1 is 1.45 bits per heavy atom. The SMILES string of the molecule is Nc1ncnc2c1ncn2[C@H]1CCC(F)(F)[C@@H](CO)O1. The molecule has 0 spiro atoms. The zero-order valence-electron chi connectivity index (χ0n) is 10.4. The normalized spacial score (nSPS) is 25.9. The first-order valence-corrected chi connectivity index (χ1v) is 6.10. The number of ether oxygens (including phenoxy) is 1. The van der Waals surface area contributed by atoms with Crippen molar-refractivity contribution in [2.45, 2.75) is 31.1 Å². The lowest BCUT2D eigenvalue weighted by Crippen LogP contribution is -2.44. The molecule has 0 aromatic carbocycles. The van der Waals surface area contributed by atoms with E-state index in [9.17, 15) is 8.78 Å². The number of nitrogens with zero attached hydrogens (tertiary/aromatic N) is 4. The quantitative estimate of drug-likeness (QED) is 0.843. The van der Waals surface area contributed by atoms with E-state index in [1.54, 1.807) is 0 Å². The van der Waals surface area contributed by atoms with E-state index in [-0.39, 0.29) is 18.7 Å². The Morgan fingerprint density at radius 2 is 2.25 bits per heavy atom. The van der Waals surface area contributed by atoms with Gasteiger partial charge in [-0.2, -0.15) is 0 Å². The van der Waals surface area contributed by atoms with E-state index < -0.39 is 24.9 Å². The van der Waals surface area contributed by atoms with Crippen molar-refractivity contribution in [1.29, 1.82) is 0 Å². The van der Waals surface area contributed by atoms with Gasteiger partial charge in [0, 0.05) is 6.42 Å². The van der Waals surface area contributed by atoms with Gasteiger partial charge in [-0.25, -0.2) is 23.7 Å². The summed E-state index contributed by atoms with van der Waals surface area (Å²) in [6.45, 7) is -0.743. The van der Waals surface area contributed by atoms with E-state index in [0.29, 0.717) is 11.2 Å². The molecule has 20 heavy (non-hydrogen) atoms. The van der Waals surface area contributed by atoms with E-state index in [1.807, 2.05) is 0 Å². The fourth-order valence-electron chi connectivity index (χ4n) is 2.30. The summed E-state index contributed by atoms with van der Waals surface area (Å²) >= 11 is 0. The van der Waals surface area contributed by atoms with E-state index in [2.05, 4.69) is 15.0 Å². The third-order valence-electron chi connectivity index (χ3n) is 3.38. The highest BCUT2D eigenvalue weighted by Crippen LogP contribution is 2.38. The van der Waals surface area contributed by atoms with Gasteiger partial charge in [0.2, 0.25) is 0 Å². The van der Waals surface area contributed by atoms with Crippen molar-refractivity contribution in [3.05, 3.63) is 12.7 Å². The standard InChI is InChI=1S/C11H13F2N5O2/c12-11(13)2-1-7(20-6(11)3-19)18-5-17-8-9(14)15-4-16-10(8)18/h4-7,19H,1-3H2,(H2,14,15,16)/t6-,7-/m1/s1. The monoisotopic (exact) mass is 285 g/mol. The van der Waals surface area contributed by atoms with Crippen LogP contribution in [-0.2, 0) is 4.74 Å². The van der Waals surface area contributed by atoms with Gasteiger partial charge in [-0.15, -0.1) is 0 Å². The molecule has 0 aliphatic carbocycles. The van der Waals surface area contributed by atoms with Gasteiger partial charge in [0.25, 0.3) is 5.92 Å². The topological polar surface area (TPSA) is 99.1 Å². The summed E-state index contributed by atoms with van der Waals surface area (Å²) < 4.78 is 33.8. The Bertz CT molecular complexity index is 632. The summed E-state index contributed by atoms with van der Waals surface area (Å²) in [5.41, 5.74) is 6.49. The van der Waals surface area contributed by atoms with Gasteiger partial charge >= 0.3 is 0 Å². The number of aromatic nitrogens is 4. The molecule has 3 N–H and O–H groups in total. The van der Waals surface area contributed by atoms with Crippen molar-refractivity contribution in [3.63, 3.8) is 0 Å². The molecule has 0 radical (unpaired) electrons. The summed E-state index contributed by atoms with van der Waals surface area (Å²) in [6.07, 6.45) is 0.237. The number of aliphatic hydroxyl groups excluding tert-OH is 1. The lowest BCUT2D eigenvalue weighted by Gasteiger charge is -2.35. The number of rotatable bonds is 2. The molecule has 0 amide bonds. The first kappa shape index (κ1) is 13.1. The number of hydrogen-bond donors (Lipinski definition) is 2. The molecule has 1 saturated heterocycles. The second-order valence-electron chi connectivity index (χ2n) is 4.64. The number of imidazole rings is 1. The van der Waals surface area contributed by atoms with Crippen molar-refractivity contribution in [1.82, 2.24) is 19.5 Å². The first-order valence-electron chi connectivity index (χ1n) is 6.10. The Kier molecular flexibility index (Phi) is 3.02. The molecule has 2 atom stereocenters. The lowest BCUT2D eigenvalue weighted by molar-refractivity contribution is -0.227. The van der Waals surface area contributed by atoms with Crippen LogP contribution in [0.4, 0.5) is 14.6 Å². The van der Waals surface area contributed by atoms with E-state index >= 15 is 0 Å². The summed E-state index contributed by atoms with van der Waals surface area (Å²) in [5, 5.41) is 9.02. The molecule has 0 saturated carbocycles. The minimum Gasteiger partial charge on any atom is -0.393 e. The van der Waals surface area contributed by atoms with Gasteiger partial charge in [0.05, 0.1) is 12.9 Å². The van der Waals surface area contributed by atoms with Crippen LogP contribution >= 0.6 is 0 Å². The average Bonchev–Trinajstić information content (AvgIpc) is 2.84. The molecule has 3 heterocycles. The molecular formula is C11H13F2N5O2. The van der Waals surface area contributed by atoms with Crippen molar-refractivity contribution in [2.24, 2.45) is 0 Å². The van der Waals surface area contributed by atoms with Crippen molar-refractivity contribution >= 4 is 17.0 Å². The Balaban J connectivity index is 1.94. The van der Waals surface area contributed by atoms with Crippen LogP contribution in [0.5, 0.6) is 0 Å². The summed E-state index contributed by atoms with van der Waals surface area (Å²) in [6, 6.07) is 0. The molecule has 1 fully saturated rings. The number of nitrogen functional groups attached to an aromatic ring is 1. The average molecular weight is 285 g/mol. The number of alkyl halides is 2. The van der Waals surface area contributed by atoms with Crippen molar-refractivity contribution in [3.8, 4) is 0 Å². The van der Waals surface area contributed by atoms with Crippen molar-refractivity contribution < 1.29 is 18.6 Å². The highest BCUT2D eigenvalue weighted by Gasteiger charge is 2.46. The van der Waals surface area contributed by atoms with Crippen LogP contribution in [0, 0.1) is 0 Å². The summed E-state index contributed by atoms with van der Waals surface area (Å²) in [5.74, 6) is -2.82. The first-order chi connectivity index (χ1) is 9.53. The number of anilines is 1. The molecular weight excluding hydrogens is 272 g/mol. The van der Waals surface area contributed by atoms with Gasteiger partial charge in [-0.3, -0.25) is 4.57 Å². The fourth-order valence-corrected chi connectivity index (χ4v) is 2.30. The zero-order valence-corrected chi connectivity index (χ0v) is 10.4. The van der Waals surface area contributed by atoms with Crippen LogP contribution in [0.25, 0.3) is 11.2 Å². The second-order valence-corrected chi connectivity index (χ2v) is 4.64. The van der Waals surface area contributed by atoms with Crippen LogP contribution < -0.4 is 5.73 Å². The largest absolute Gasteiger partial charge is 0.393 e. The van der Waals surface area contributed by atoms with E-state index in [1.165, 1.54) is 17.2 Å². The van der Waals surface area contributed by atoms with Crippen LogP contribution in [0.2, 0.25) is 0 Å². The van der Waals surface area contributed by atoms with Gasteiger partial charge in [-0.05, 0) is 6.42 Å². The molecule has 1 aliphatic heterocycles. The number of halogens is 2. The maximum atomic E-state index is 13.5. The zero-order chi connectivity index (χ0) is 14.3. The minimum atomic E-state index is -3.03.